The molecule has 0 saturated heterocycles. The van der Waals surface area contributed by atoms with Gasteiger partial charge in [-0.3, -0.25) is 10.1 Å². The summed E-state index contributed by atoms with van der Waals surface area (Å²) in [4.78, 5) is 10.2. The van der Waals surface area contributed by atoms with Crippen LogP contribution >= 0.6 is 11.6 Å². The number of nitrogens with zero attached hydrogens (tertiary/aromatic N) is 1. The molecule has 0 bridgehead atoms. The number of benzene rings is 2. The fraction of sp³-hybridized carbons (Fsp3) is 0.294. The van der Waals surface area contributed by atoms with Crippen molar-refractivity contribution in [3.8, 4) is 11.5 Å². The number of nitro groups is 1. The summed E-state index contributed by atoms with van der Waals surface area (Å²) in [6.07, 6.45) is 0.390. The quantitative estimate of drug-likeness (QED) is 0.525. The molecular formula is C17H19ClN2O6S. The van der Waals surface area contributed by atoms with Crippen molar-refractivity contribution in [2.24, 2.45) is 0 Å². The highest BCUT2D eigenvalue weighted by molar-refractivity contribution is 7.89. The number of nitro benzene ring substituents is 1. The van der Waals surface area contributed by atoms with Gasteiger partial charge in [0.05, 0.1) is 29.1 Å². The number of rotatable bonds is 8. The minimum atomic E-state index is -3.95. The molecule has 0 saturated carbocycles. The van der Waals surface area contributed by atoms with Crippen molar-refractivity contribution in [2.45, 2.75) is 18.2 Å². The third kappa shape index (κ3) is 4.88. The normalized spacial score (nSPS) is 11.3. The summed E-state index contributed by atoms with van der Waals surface area (Å²) in [5, 5.41) is 11.1. The molecule has 146 valence electrons. The highest BCUT2D eigenvalue weighted by atomic mass is 35.5. The van der Waals surface area contributed by atoms with Crippen molar-refractivity contribution >= 4 is 27.3 Å². The van der Waals surface area contributed by atoms with E-state index >= 15 is 0 Å². The fourth-order valence-corrected chi connectivity index (χ4v) is 3.79. The van der Waals surface area contributed by atoms with Crippen LogP contribution in [-0.4, -0.2) is 34.1 Å². The Morgan fingerprint density at radius 1 is 1.15 bits per heavy atom. The molecule has 2 aromatic carbocycles. The standard InChI is InChI=1S/C17H19ClN2O6S/c1-11-14(18)9-13(10-15(11)20(21)22)27(23,24)19-7-6-12-4-5-16(25-2)17(8-12)26-3/h4-5,8-10,19H,6-7H2,1-3H3. The van der Waals surface area contributed by atoms with Crippen LogP contribution in [0.25, 0.3) is 0 Å². The second kappa shape index (κ2) is 8.55. The summed E-state index contributed by atoms with van der Waals surface area (Å²) in [6.45, 7) is 1.55. The Bertz CT molecular complexity index is 962. The summed E-state index contributed by atoms with van der Waals surface area (Å²) in [6, 6.07) is 7.47. The Kier molecular flexibility index (Phi) is 6.63. The molecule has 0 radical (unpaired) electrons. The zero-order chi connectivity index (χ0) is 20.2. The molecule has 0 aliphatic heterocycles. The zero-order valence-corrected chi connectivity index (χ0v) is 16.6. The van der Waals surface area contributed by atoms with Gasteiger partial charge in [-0.15, -0.1) is 0 Å². The van der Waals surface area contributed by atoms with Crippen LogP contribution in [0.1, 0.15) is 11.1 Å². The van der Waals surface area contributed by atoms with Crippen LogP contribution in [0.4, 0.5) is 5.69 Å². The molecule has 0 atom stereocenters. The maximum absolute atomic E-state index is 12.4. The van der Waals surface area contributed by atoms with Crippen molar-refractivity contribution in [1.29, 1.82) is 0 Å². The van der Waals surface area contributed by atoms with E-state index in [-0.39, 0.29) is 27.7 Å². The maximum atomic E-state index is 12.4. The van der Waals surface area contributed by atoms with E-state index in [9.17, 15) is 18.5 Å². The minimum Gasteiger partial charge on any atom is -0.493 e. The van der Waals surface area contributed by atoms with E-state index in [2.05, 4.69) is 4.72 Å². The average Bonchev–Trinajstić information content (AvgIpc) is 2.63. The Labute approximate surface area is 162 Å². The number of nitrogens with one attached hydrogen (secondary N) is 1. The van der Waals surface area contributed by atoms with E-state index in [4.69, 9.17) is 21.1 Å². The third-order valence-electron chi connectivity index (χ3n) is 3.95. The predicted octanol–water partition coefficient (Wildman–Crippen LogP) is 3.09. The molecule has 2 rings (SSSR count). The Hall–Kier alpha value is -2.36. The molecular weight excluding hydrogens is 396 g/mol. The van der Waals surface area contributed by atoms with Gasteiger partial charge in [-0.2, -0.15) is 0 Å². The lowest BCUT2D eigenvalue weighted by Gasteiger charge is -2.11. The average molecular weight is 415 g/mol. The fourth-order valence-electron chi connectivity index (χ4n) is 2.43. The first-order chi connectivity index (χ1) is 12.7. The molecule has 0 aromatic heterocycles. The van der Waals surface area contributed by atoms with Crippen LogP contribution in [0.3, 0.4) is 0 Å². The van der Waals surface area contributed by atoms with Crippen LogP contribution < -0.4 is 14.2 Å². The molecule has 8 nitrogen and oxygen atoms in total. The van der Waals surface area contributed by atoms with Crippen molar-refractivity contribution < 1.29 is 22.8 Å². The van der Waals surface area contributed by atoms with Gasteiger partial charge in [-0.1, -0.05) is 17.7 Å². The second-order valence-electron chi connectivity index (χ2n) is 5.64. The number of methoxy groups -OCH3 is 2. The van der Waals surface area contributed by atoms with Gasteiger partial charge in [-0.25, -0.2) is 13.1 Å². The van der Waals surface area contributed by atoms with E-state index in [1.165, 1.54) is 27.2 Å². The van der Waals surface area contributed by atoms with Crippen LogP contribution in [-0.2, 0) is 16.4 Å². The van der Waals surface area contributed by atoms with Gasteiger partial charge >= 0.3 is 0 Å². The van der Waals surface area contributed by atoms with E-state index in [1.807, 2.05) is 0 Å². The number of hydrogen-bond donors (Lipinski definition) is 1. The lowest BCUT2D eigenvalue weighted by Crippen LogP contribution is -2.26. The zero-order valence-electron chi connectivity index (χ0n) is 15.0. The lowest BCUT2D eigenvalue weighted by atomic mass is 10.1. The summed E-state index contributed by atoms with van der Waals surface area (Å²) in [5.41, 5.74) is 0.706. The minimum absolute atomic E-state index is 0.0180. The van der Waals surface area contributed by atoms with Gasteiger partial charge in [0.15, 0.2) is 11.5 Å². The topological polar surface area (TPSA) is 108 Å². The Balaban J connectivity index is 2.15. The first kappa shape index (κ1) is 20.9. The molecule has 0 spiro atoms. The number of hydrogen-bond acceptors (Lipinski definition) is 6. The first-order valence-electron chi connectivity index (χ1n) is 7.84. The summed E-state index contributed by atoms with van der Waals surface area (Å²) in [5.74, 6) is 1.11. The molecule has 2 aromatic rings. The Morgan fingerprint density at radius 2 is 1.81 bits per heavy atom. The van der Waals surface area contributed by atoms with Gasteiger partial charge in [0.25, 0.3) is 5.69 Å². The third-order valence-corrected chi connectivity index (χ3v) is 5.78. The smallest absolute Gasteiger partial charge is 0.275 e. The SMILES string of the molecule is COc1ccc(CCNS(=O)(=O)c2cc(Cl)c(C)c([N+](=O)[O-])c2)cc1OC. The monoisotopic (exact) mass is 414 g/mol. The number of sulfonamides is 1. The first-order valence-corrected chi connectivity index (χ1v) is 9.71. The number of ether oxygens (including phenoxy) is 2. The van der Waals surface area contributed by atoms with Gasteiger partial charge < -0.3 is 9.47 Å². The highest BCUT2D eigenvalue weighted by Crippen LogP contribution is 2.30. The summed E-state index contributed by atoms with van der Waals surface area (Å²) in [7, 11) is -0.911. The van der Waals surface area contributed by atoms with Crippen LogP contribution in [0.15, 0.2) is 35.2 Å². The van der Waals surface area contributed by atoms with E-state index in [0.29, 0.717) is 17.9 Å². The maximum Gasteiger partial charge on any atom is 0.275 e. The molecule has 0 amide bonds. The van der Waals surface area contributed by atoms with Crippen LogP contribution in [0, 0.1) is 17.0 Å². The molecule has 27 heavy (non-hydrogen) atoms. The summed E-state index contributed by atoms with van der Waals surface area (Å²) < 4.78 is 37.7. The molecule has 0 aliphatic carbocycles. The predicted molar refractivity (Wildman–Crippen MR) is 101 cm³/mol. The molecule has 10 heteroatoms. The van der Waals surface area contributed by atoms with Crippen molar-refractivity contribution in [3.63, 3.8) is 0 Å². The van der Waals surface area contributed by atoms with Crippen LogP contribution in [0.2, 0.25) is 5.02 Å². The van der Waals surface area contributed by atoms with E-state index in [0.717, 1.165) is 11.6 Å². The lowest BCUT2D eigenvalue weighted by molar-refractivity contribution is -0.385. The molecule has 0 unspecified atom stereocenters. The van der Waals surface area contributed by atoms with Crippen molar-refractivity contribution in [3.05, 3.63) is 56.6 Å². The second-order valence-corrected chi connectivity index (χ2v) is 7.82. The van der Waals surface area contributed by atoms with Gasteiger partial charge in [0.1, 0.15) is 0 Å². The van der Waals surface area contributed by atoms with Gasteiger partial charge in [-0.05, 0) is 37.1 Å². The summed E-state index contributed by atoms with van der Waals surface area (Å²) >= 11 is 5.94. The molecule has 0 heterocycles. The number of halogens is 1. The van der Waals surface area contributed by atoms with Gasteiger partial charge in [0.2, 0.25) is 10.0 Å². The van der Waals surface area contributed by atoms with E-state index in [1.54, 1.807) is 18.2 Å². The Morgan fingerprint density at radius 3 is 2.41 bits per heavy atom. The largest absolute Gasteiger partial charge is 0.493 e. The van der Waals surface area contributed by atoms with Crippen molar-refractivity contribution in [1.82, 2.24) is 4.72 Å². The van der Waals surface area contributed by atoms with Gasteiger partial charge in [0, 0.05) is 18.2 Å². The molecule has 1 N–H and O–H groups in total. The van der Waals surface area contributed by atoms with E-state index < -0.39 is 14.9 Å². The van der Waals surface area contributed by atoms with Crippen LogP contribution in [0.5, 0.6) is 11.5 Å². The molecule has 0 aliphatic rings. The van der Waals surface area contributed by atoms with Crippen molar-refractivity contribution in [2.75, 3.05) is 20.8 Å². The molecule has 0 fully saturated rings. The highest BCUT2D eigenvalue weighted by Gasteiger charge is 2.22.